The van der Waals surface area contributed by atoms with Gasteiger partial charge in [0.2, 0.25) is 0 Å². The van der Waals surface area contributed by atoms with E-state index < -0.39 is 0 Å². The molecule has 1 aromatic carbocycles. The molecular formula is C13H20ClNO2. The Labute approximate surface area is 108 Å². The van der Waals surface area contributed by atoms with E-state index in [2.05, 4.69) is 18.0 Å². The van der Waals surface area contributed by atoms with Crippen LogP contribution < -0.4 is 4.74 Å². The van der Waals surface area contributed by atoms with Crippen LogP contribution in [0.2, 0.25) is 0 Å². The lowest BCUT2D eigenvalue weighted by molar-refractivity contribution is 0.121. The van der Waals surface area contributed by atoms with Crippen molar-refractivity contribution in [2.24, 2.45) is 0 Å². The molecule has 1 aromatic rings. The maximum absolute atomic E-state index is 5.53. The summed E-state index contributed by atoms with van der Waals surface area (Å²) >= 11 is 5.53. The van der Waals surface area contributed by atoms with Crippen LogP contribution in [-0.4, -0.2) is 44.7 Å². The molecule has 0 radical (unpaired) electrons. The van der Waals surface area contributed by atoms with Crippen LogP contribution in [0.3, 0.4) is 0 Å². The number of ether oxygens (including phenoxy) is 2. The van der Waals surface area contributed by atoms with Gasteiger partial charge in [0.1, 0.15) is 5.75 Å². The summed E-state index contributed by atoms with van der Waals surface area (Å²) in [6.45, 7) is 3.06. The van der Waals surface area contributed by atoms with E-state index in [1.165, 1.54) is 5.56 Å². The van der Waals surface area contributed by atoms with E-state index in [1.54, 1.807) is 7.11 Å². The smallest absolute Gasteiger partial charge is 0.123 e. The van der Waals surface area contributed by atoms with Gasteiger partial charge < -0.3 is 9.47 Å². The Bertz CT molecular complexity index is 320. The summed E-state index contributed by atoms with van der Waals surface area (Å²) in [5.41, 5.74) is 1.19. The highest BCUT2D eigenvalue weighted by Crippen LogP contribution is 2.18. The third-order valence-electron chi connectivity index (χ3n) is 2.47. The number of alkyl halides is 1. The molecule has 0 spiro atoms. The van der Waals surface area contributed by atoms with Crippen molar-refractivity contribution in [3.05, 3.63) is 29.8 Å². The van der Waals surface area contributed by atoms with Crippen LogP contribution in [-0.2, 0) is 11.3 Å². The third-order valence-corrected chi connectivity index (χ3v) is 2.63. The standard InChI is InChI=1S/C13H20ClNO2/c1-15(8-10-17-9-7-14)11-12-5-3-4-6-13(12)16-2/h3-6H,7-11H2,1-2H3. The van der Waals surface area contributed by atoms with Crippen molar-refractivity contribution in [3.63, 3.8) is 0 Å². The number of methoxy groups -OCH3 is 1. The maximum Gasteiger partial charge on any atom is 0.123 e. The number of benzene rings is 1. The van der Waals surface area contributed by atoms with Crippen molar-refractivity contribution in [2.75, 3.05) is 39.8 Å². The molecule has 17 heavy (non-hydrogen) atoms. The van der Waals surface area contributed by atoms with Gasteiger partial charge in [0.25, 0.3) is 0 Å². The number of hydrogen-bond acceptors (Lipinski definition) is 3. The summed E-state index contributed by atoms with van der Waals surface area (Å²) in [4.78, 5) is 2.20. The van der Waals surface area contributed by atoms with Gasteiger partial charge >= 0.3 is 0 Å². The van der Waals surface area contributed by atoms with E-state index in [9.17, 15) is 0 Å². The minimum Gasteiger partial charge on any atom is -0.496 e. The second-order valence-electron chi connectivity index (χ2n) is 3.85. The lowest BCUT2D eigenvalue weighted by Gasteiger charge is -2.18. The average molecular weight is 258 g/mol. The largest absolute Gasteiger partial charge is 0.496 e. The van der Waals surface area contributed by atoms with Gasteiger partial charge in [0.05, 0.1) is 20.3 Å². The van der Waals surface area contributed by atoms with Crippen molar-refractivity contribution in [1.29, 1.82) is 0 Å². The number of nitrogens with zero attached hydrogens (tertiary/aromatic N) is 1. The maximum atomic E-state index is 5.53. The summed E-state index contributed by atoms with van der Waals surface area (Å²) in [5, 5.41) is 0. The predicted molar refractivity (Wildman–Crippen MR) is 70.9 cm³/mol. The molecule has 0 saturated carbocycles. The molecule has 0 saturated heterocycles. The zero-order valence-electron chi connectivity index (χ0n) is 10.5. The van der Waals surface area contributed by atoms with Crippen molar-refractivity contribution < 1.29 is 9.47 Å². The lowest BCUT2D eigenvalue weighted by atomic mass is 10.2. The summed E-state index contributed by atoms with van der Waals surface area (Å²) < 4.78 is 10.7. The molecule has 96 valence electrons. The average Bonchev–Trinajstić information content (AvgIpc) is 2.35. The highest BCUT2D eigenvalue weighted by molar-refractivity contribution is 6.17. The van der Waals surface area contributed by atoms with E-state index in [1.807, 2.05) is 18.2 Å². The zero-order valence-corrected chi connectivity index (χ0v) is 11.2. The first kappa shape index (κ1) is 14.3. The van der Waals surface area contributed by atoms with E-state index in [-0.39, 0.29) is 0 Å². The Hall–Kier alpha value is -0.770. The number of likely N-dealkylation sites (N-methyl/N-ethyl adjacent to an activating group) is 1. The molecule has 0 aromatic heterocycles. The highest BCUT2D eigenvalue weighted by Gasteiger charge is 2.05. The summed E-state index contributed by atoms with van der Waals surface area (Å²) in [6.07, 6.45) is 0. The predicted octanol–water partition coefficient (Wildman–Crippen LogP) is 2.38. The Balaban J connectivity index is 2.36. The second kappa shape index (κ2) is 8.34. The van der Waals surface area contributed by atoms with Crippen LogP contribution in [0.4, 0.5) is 0 Å². The first-order valence-corrected chi connectivity index (χ1v) is 6.25. The van der Waals surface area contributed by atoms with Gasteiger partial charge in [-0.05, 0) is 13.1 Å². The normalized spacial score (nSPS) is 10.8. The molecule has 0 amide bonds. The van der Waals surface area contributed by atoms with E-state index in [0.717, 1.165) is 18.8 Å². The fourth-order valence-corrected chi connectivity index (χ4v) is 1.69. The molecule has 1 rings (SSSR count). The fourth-order valence-electron chi connectivity index (χ4n) is 1.58. The molecule has 0 heterocycles. The Morgan fingerprint density at radius 3 is 2.71 bits per heavy atom. The van der Waals surface area contributed by atoms with Gasteiger partial charge in [-0.25, -0.2) is 0 Å². The van der Waals surface area contributed by atoms with E-state index in [0.29, 0.717) is 19.1 Å². The topological polar surface area (TPSA) is 21.7 Å². The SMILES string of the molecule is COc1ccccc1CN(C)CCOCCCl. The van der Waals surface area contributed by atoms with Gasteiger partial charge in [-0.3, -0.25) is 4.90 Å². The summed E-state index contributed by atoms with van der Waals surface area (Å²) in [7, 11) is 3.76. The van der Waals surface area contributed by atoms with Gasteiger partial charge in [0, 0.05) is 24.5 Å². The molecule has 0 fully saturated rings. The Morgan fingerprint density at radius 1 is 1.24 bits per heavy atom. The lowest BCUT2D eigenvalue weighted by Crippen LogP contribution is -2.23. The van der Waals surface area contributed by atoms with Crippen molar-refractivity contribution >= 4 is 11.6 Å². The molecule has 4 heteroatoms. The highest BCUT2D eigenvalue weighted by atomic mass is 35.5. The molecular weight excluding hydrogens is 238 g/mol. The molecule has 0 aliphatic carbocycles. The molecule has 0 N–H and O–H groups in total. The summed E-state index contributed by atoms with van der Waals surface area (Å²) in [5.74, 6) is 1.48. The minimum atomic E-state index is 0.552. The Kier molecular flexibility index (Phi) is 7.01. The first-order chi connectivity index (χ1) is 8.27. The zero-order chi connectivity index (χ0) is 12.5. The van der Waals surface area contributed by atoms with Crippen LogP contribution in [0.1, 0.15) is 5.56 Å². The Morgan fingerprint density at radius 2 is 2.00 bits per heavy atom. The van der Waals surface area contributed by atoms with Crippen LogP contribution in [0.5, 0.6) is 5.75 Å². The number of halogens is 1. The van der Waals surface area contributed by atoms with Crippen LogP contribution in [0.15, 0.2) is 24.3 Å². The first-order valence-electron chi connectivity index (χ1n) is 5.72. The van der Waals surface area contributed by atoms with Crippen LogP contribution >= 0.6 is 11.6 Å². The van der Waals surface area contributed by atoms with Gasteiger partial charge in [-0.2, -0.15) is 0 Å². The number of hydrogen-bond donors (Lipinski definition) is 0. The molecule has 3 nitrogen and oxygen atoms in total. The van der Waals surface area contributed by atoms with Gasteiger partial charge in [0.15, 0.2) is 0 Å². The monoisotopic (exact) mass is 257 g/mol. The molecule has 0 aliphatic heterocycles. The van der Waals surface area contributed by atoms with E-state index >= 15 is 0 Å². The molecule has 0 unspecified atom stereocenters. The molecule has 0 bridgehead atoms. The molecule has 0 atom stereocenters. The van der Waals surface area contributed by atoms with Crippen molar-refractivity contribution in [1.82, 2.24) is 4.90 Å². The quantitative estimate of drug-likeness (QED) is 0.527. The third kappa shape index (κ3) is 5.39. The van der Waals surface area contributed by atoms with Crippen molar-refractivity contribution in [2.45, 2.75) is 6.54 Å². The fraction of sp³-hybridized carbons (Fsp3) is 0.538. The van der Waals surface area contributed by atoms with Crippen molar-refractivity contribution in [3.8, 4) is 5.75 Å². The summed E-state index contributed by atoms with van der Waals surface area (Å²) in [6, 6.07) is 8.06. The minimum absolute atomic E-state index is 0.552. The second-order valence-corrected chi connectivity index (χ2v) is 4.23. The number of para-hydroxylation sites is 1. The van der Waals surface area contributed by atoms with Crippen LogP contribution in [0.25, 0.3) is 0 Å². The number of rotatable bonds is 8. The van der Waals surface area contributed by atoms with E-state index in [4.69, 9.17) is 21.1 Å². The van der Waals surface area contributed by atoms with Gasteiger partial charge in [-0.15, -0.1) is 11.6 Å². The van der Waals surface area contributed by atoms with Crippen LogP contribution in [0, 0.1) is 0 Å². The molecule has 0 aliphatic rings. The van der Waals surface area contributed by atoms with Gasteiger partial charge in [-0.1, -0.05) is 18.2 Å².